The Labute approximate surface area is 116 Å². The summed E-state index contributed by atoms with van der Waals surface area (Å²) < 4.78 is 7.31. The summed E-state index contributed by atoms with van der Waals surface area (Å²) in [6.07, 6.45) is 1.90. The molecule has 1 aromatic carbocycles. The van der Waals surface area contributed by atoms with Crippen molar-refractivity contribution < 1.29 is 9.53 Å². The molecule has 2 heterocycles. The van der Waals surface area contributed by atoms with Crippen LogP contribution in [-0.4, -0.2) is 29.2 Å². The summed E-state index contributed by atoms with van der Waals surface area (Å²) in [5.41, 5.74) is 1.02. The van der Waals surface area contributed by atoms with Crippen LogP contribution in [0.2, 0.25) is 0 Å². The lowest BCUT2D eigenvalue weighted by Crippen LogP contribution is -2.31. The Morgan fingerprint density at radius 1 is 1.25 bits per heavy atom. The zero-order chi connectivity index (χ0) is 13.9. The van der Waals surface area contributed by atoms with Crippen molar-refractivity contribution >= 4 is 17.2 Å². The zero-order valence-electron chi connectivity index (χ0n) is 11.1. The first-order valence-corrected chi connectivity index (χ1v) is 6.34. The van der Waals surface area contributed by atoms with Crippen molar-refractivity contribution in [2.45, 2.75) is 0 Å². The Kier molecular flexibility index (Phi) is 3.16. The van der Waals surface area contributed by atoms with Gasteiger partial charge in [0.1, 0.15) is 11.6 Å². The number of hydrogen-bond acceptors (Lipinski definition) is 2. The quantitative estimate of drug-likeness (QED) is 0.790. The maximum absolute atomic E-state index is 12.1. The molecule has 1 N–H and O–H groups in total. The number of rotatable bonds is 4. The number of carbonyl (C=O) groups is 1. The Bertz CT molecular complexity index is 686. The highest BCUT2D eigenvalue weighted by molar-refractivity contribution is 5.93. The van der Waals surface area contributed by atoms with Gasteiger partial charge in [-0.3, -0.25) is 19.3 Å². The molecule has 1 amide bonds. The number of anilines is 1. The van der Waals surface area contributed by atoms with E-state index in [1.807, 2.05) is 59.2 Å². The van der Waals surface area contributed by atoms with Gasteiger partial charge in [-0.1, -0.05) is 18.2 Å². The van der Waals surface area contributed by atoms with Crippen LogP contribution >= 0.6 is 0 Å². The molecule has 0 atom stereocenters. The fourth-order valence-corrected chi connectivity index (χ4v) is 1.97. The number of ether oxygens (including phenoxy) is 1. The molecule has 5 heteroatoms. The van der Waals surface area contributed by atoms with Crippen molar-refractivity contribution in [3.8, 4) is 5.75 Å². The van der Waals surface area contributed by atoms with Crippen LogP contribution in [0.1, 0.15) is 0 Å². The average Bonchev–Trinajstić information content (AvgIpc) is 3.06. The number of fused-ring (bicyclic) bond motifs is 1. The molecule has 0 saturated heterocycles. The lowest BCUT2D eigenvalue weighted by atomic mass is 10.3. The third kappa shape index (κ3) is 2.38. The van der Waals surface area contributed by atoms with Gasteiger partial charge in [0, 0.05) is 19.3 Å². The van der Waals surface area contributed by atoms with Crippen LogP contribution in [0.3, 0.4) is 0 Å². The number of para-hydroxylation sites is 1. The van der Waals surface area contributed by atoms with Crippen molar-refractivity contribution in [3.63, 3.8) is 0 Å². The van der Waals surface area contributed by atoms with E-state index in [9.17, 15) is 4.79 Å². The molecule has 0 saturated carbocycles. The van der Waals surface area contributed by atoms with Crippen molar-refractivity contribution in [2.24, 2.45) is 0 Å². The van der Waals surface area contributed by atoms with Crippen LogP contribution in [0.4, 0.5) is 5.82 Å². The van der Waals surface area contributed by atoms with E-state index < -0.39 is 0 Å². The van der Waals surface area contributed by atoms with Gasteiger partial charge >= 0.3 is 0 Å². The van der Waals surface area contributed by atoms with Crippen molar-refractivity contribution in [1.82, 2.24) is 9.61 Å². The Balaban J connectivity index is 1.66. The predicted octanol–water partition coefficient (Wildman–Crippen LogP) is 2.31. The molecule has 0 radical (unpaired) electrons. The number of nitrogens with zero attached hydrogens (tertiary/aromatic N) is 2. The van der Waals surface area contributed by atoms with Crippen molar-refractivity contribution in [1.29, 1.82) is 0 Å². The topological polar surface area (TPSA) is 49.7 Å². The molecule has 5 nitrogen and oxygen atoms in total. The van der Waals surface area contributed by atoms with E-state index in [1.165, 1.54) is 0 Å². The first-order chi connectivity index (χ1) is 9.74. The molecule has 3 aromatic rings. The smallest absolute Gasteiger partial charge is 0.265 e. The Morgan fingerprint density at radius 2 is 2.05 bits per heavy atom. The molecule has 0 aliphatic heterocycles. The SMILES string of the molecule is CN(C(=O)COc1ccccc1)c1cc2cccn2[nH]1. The second-order valence-corrected chi connectivity index (χ2v) is 4.50. The molecule has 2 aromatic heterocycles. The lowest BCUT2D eigenvalue weighted by Gasteiger charge is -2.15. The van der Waals surface area contributed by atoms with E-state index in [0.717, 1.165) is 11.3 Å². The summed E-state index contributed by atoms with van der Waals surface area (Å²) in [5.74, 6) is 1.31. The van der Waals surface area contributed by atoms with E-state index in [1.54, 1.807) is 11.9 Å². The molecule has 0 spiro atoms. The van der Waals surface area contributed by atoms with Gasteiger partial charge in [0.25, 0.3) is 5.91 Å². The molecule has 0 aliphatic carbocycles. The Hall–Kier alpha value is -2.69. The predicted molar refractivity (Wildman–Crippen MR) is 77.1 cm³/mol. The molecule has 0 aliphatic rings. The van der Waals surface area contributed by atoms with Crippen molar-refractivity contribution in [2.75, 3.05) is 18.6 Å². The minimum Gasteiger partial charge on any atom is -0.484 e. The molecule has 0 bridgehead atoms. The lowest BCUT2D eigenvalue weighted by molar-refractivity contribution is -0.120. The highest BCUT2D eigenvalue weighted by Gasteiger charge is 2.14. The first-order valence-electron chi connectivity index (χ1n) is 6.34. The number of benzene rings is 1. The number of amides is 1. The van der Waals surface area contributed by atoms with Gasteiger partial charge in [-0.25, -0.2) is 0 Å². The highest BCUT2D eigenvalue weighted by atomic mass is 16.5. The van der Waals surface area contributed by atoms with E-state index in [4.69, 9.17) is 4.74 Å². The van der Waals surface area contributed by atoms with Gasteiger partial charge < -0.3 is 4.74 Å². The number of H-pyrrole nitrogens is 1. The van der Waals surface area contributed by atoms with Crippen LogP contribution in [0.15, 0.2) is 54.7 Å². The van der Waals surface area contributed by atoms with Crippen LogP contribution < -0.4 is 9.64 Å². The first kappa shape index (κ1) is 12.3. The van der Waals surface area contributed by atoms with Gasteiger partial charge in [0.05, 0.1) is 5.52 Å². The third-order valence-electron chi connectivity index (χ3n) is 3.14. The van der Waals surface area contributed by atoms with Crippen LogP contribution in [0.5, 0.6) is 5.75 Å². The summed E-state index contributed by atoms with van der Waals surface area (Å²) in [6, 6.07) is 15.1. The van der Waals surface area contributed by atoms with Gasteiger partial charge in [0.15, 0.2) is 6.61 Å². The molecular formula is C15H15N3O2. The zero-order valence-corrected chi connectivity index (χ0v) is 11.1. The van der Waals surface area contributed by atoms with Gasteiger partial charge in [-0.2, -0.15) is 0 Å². The van der Waals surface area contributed by atoms with Crippen molar-refractivity contribution in [3.05, 3.63) is 54.7 Å². The van der Waals surface area contributed by atoms with Crippen LogP contribution in [-0.2, 0) is 4.79 Å². The summed E-state index contributed by atoms with van der Waals surface area (Å²) in [5, 5.41) is 3.12. The molecule has 0 unspecified atom stereocenters. The van der Waals surface area contributed by atoms with Crippen LogP contribution in [0.25, 0.3) is 5.52 Å². The number of nitrogens with one attached hydrogen (secondary N) is 1. The monoisotopic (exact) mass is 269 g/mol. The van der Waals surface area contributed by atoms with E-state index in [0.29, 0.717) is 5.75 Å². The number of carbonyl (C=O) groups excluding carboxylic acids is 1. The second kappa shape index (κ2) is 5.13. The molecule has 102 valence electrons. The maximum Gasteiger partial charge on any atom is 0.265 e. The van der Waals surface area contributed by atoms with Gasteiger partial charge in [-0.05, 0) is 24.3 Å². The number of aromatic nitrogens is 2. The summed E-state index contributed by atoms with van der Waals surface area (Å²) >= 11 is 0. The van der Waals surface area contributed by atoms with Gasteiger partial charge in [0.2, 0.25) is 0 Å². The van der Waals surface area contributed by atoms with Gasteiger partial charge in [-0.15, -0.1) is 0 Å². The maximum atomic E-state index is 12.1. The molecule has 20 heavy (non-hydrogen) atoms. The second-order valence-electron chi connectivity index (χ2n) is 4.50. The number of aromatic amines is 1. The average molecular weight is 269 g/mol. The molecular weight excluding hydrogens is 254 g/mol. The largest absolute Gasteiger partial charge is 0.484 e. The standard InChI is InChI=1S/C15H15N3O2/c1-17(14-10-12-6-5-9-18(12)16-14)15(19)11-20-13-7-3-2-4-8-13/h2-10,16H,11H2,1H3. The Morgan fingerprint density at radius 3 is 2.80 bits per heavy atom. The minimum atomic E-state index is -0.113. The van der Waals surface area contributed by atoms with E-state index in [-0.39, 0.29) is 12.5 Å². The summed E-state index contributed by atoms with van der Waals surface area (Å²) in [7, 11) is 1.72. The number of likely N-dealkylation sites (N-methyl/N-ethyl adjacent to an activating group) is 1. The molecule has 3 rings (SSSR count). The highest BCUT2D eigenvalue weighted by Crippen LogP contribution is 2.15. The molecule has 0 fully saturated rings. The third-order valence-corrected chi connectivity index (χ3v) is 3.14. The fraction of sp³-hybridized carbons (Fsp3) is 0.133. The van der Waals surface area contributed by atoms with E-state index in [2.05, 4.69) is 5.10 Å². The summed E-state index contributed by atoms with van der Waals surface area (Å²) in [6.45, 7) is 0.00835. The summed E-state index contributed by atoms with van der Waals surface area (Å²) in [4.78, 5) is 13.6. The fourth-order valence-electron chi connectivity index (χ4n) is 1.97. The van der Waals surface area contributed by atoms with Crippen LogP contribution in [0, 0.1) is 0 Å². The normalized spacial score (nSPS) is 10.7. The van der Waals surface area contributed by atoms with E-state index >= 15 is 0 Å². The number of hydrogen-bond donors (Lipinski definition) is 1. The minimum absolute atomic E-state index is 0.00835.